The second-order valence-electron chi connectivity index (χ2n) is 6.11. The van der Waals surface area contributed by atoms with Crippen molar-refractivity contribution in [3.8, 4) is 11.5 Å². The Bertz CT molecular complexity index is 972. The van der Waals surface area contributed by atoms with Gasteiger partial charge in [0.05, 0.1) is 6.54 Å². The molecular weight excluding hydrogens is 330 g/mol. The Balaban J connectivity index is 1.45. The Kier molecular flexibility index (Phi) is 4.34. The molecule has 0 aliphatic rings. The molecule has 0 radical (unpaired) electrons. The lowest BCUT2D eigenvalue weighted by molar-refractivity contribution is 0.456. The summed E-state index contributed by atoms with van der Waals surface area (Å²) in [6, 6.07) is 18.9. The number of aromatic nitrogens is 2. The van der Waals surface area contributed by atoms with Gasteiger partial charge < -0.3 is 9.73 Å². The van der Waals surface area contributed by atoms with Crippen LogP contribution in [0.4, 0.5) is 0 Å². The van der Waals surface area contributed by atoms with E-state index in [-0.39, 0.29) is 6.04 Å². The Labute approximate surface area is 150 Å². The molecule has 1 atom stereocenters. The van der Waals surface area contributed by atoms with Gasteiger partial charge in [-0.2, -0.15) is 0 Å². The quantitative estimate of drug-likeness (QED) is 0.544. The van der Waals surface area contributed by atoms with E-state index in [4.69, 9.17) is 4.42 Å². The molecule has 5 heteroatoms. The largest absolute Gasteiger partial charge is 0.419 e. The average Bonchev–Trinajstić information content (AvgIpc) is 3.27. The number of nitrogens with zero attached hydrogens (tertiary/aromatic N) is 2. The lowest BCUT2D eigenvalue weighted by atomic mass is 10.1. The van der Waals surface area contributed by atoms with Crippen molar-refractivity contribution in [2.45, 2.75) is 26.4 Å². The predicted molar refractivity (Wildman–Crippen MR) is 102 cm³/mol. The summed E-state index contributed by atoms with van der Waals surface area (Å²) in [7, 11) is 0. The number of rotatable bonds is 5. The van der Waals surface area contributed by atoms with E-state index in [1.807, 2.05) is 42.5 Å². The van der Waals surface area contributed by atoms with Crippen LogP contribution in [0.15, 0.2) is 59.0 Å². The van der Waals surface area contributed by atoms with Gasteiger partial charge in [0, 0.05) is 21.2 Å². The summed E-state index contributed by atoms with van der Waals surface area (Å²) in [5.74, 6) is 1.18. The predicted octanol–water partition coefficient (Wildman–Crippen LogP) is 5.11. The van der Waals surface area contributed by atoms with Crippen LogP contribution in [0.1, 0.15) is 29.3 Å². The molecule has 1 N–H and O–H groups in total. The Morgan fingerprint density at radius 3 is 2.72 bits per heavy atom. The number of aryl methyl sites for hydroxylation is 1. The Morgan fingerprint density at radius 1 is 1.08 bits per heavy atom. The molecule has 2 aromatic carbocycles. The first-order valence-corrected chi connectivity index (χ1v) is 9.12. The van der Waals surface area contributed by atoms with E-state index in [1.165, 1.54) is 15.0 Å². The van der Waals surface area contributed by atoms with Gasteiger partial charge in [-0.3, -0.25) is 0 Å². The topological polar surface area (TPSA) is 51.0 Å². The molecule has 0 saturated heterocycles. The molecule has 4 rings (SSSR count). The third-order valence-electron chi connectivity index (χ3n) is 4.27. The first-order valence-electron chi connectivity index (χ1n) is 8.31. The van der Waals surface area contributed by atoms with E-state index in [9.17, 15) is 0 Å². The molecular formula is C20H19N3OS. The van der Waals surface area contributed by atoms with Crippen molar-refractivity contribution in [3.05, 3.63) is 70.9 Å². The number of thiophene rings is 1. The zero-order chi connectivity index (χ0) is 17.2. The molecule has 0 aliphatic heterocycles. The van der Waals surface area contributed by atoms with Crippen LogP contribution in [0.3, 0.4) is 0 Å². The summed E-state index contributed by atoms with van der Waals surface area (Å²) in [4.78, 5) is 1.31. The fourth-order valence-electron chi connectivity index (χ4n) is 2.80. The second kappa shape index (κ2) is 6.78. The summed E-state index contributed by atoms with van der Waals surface area (Å²) in [5, 5.41) is 13.1. The van der Waals surface area contributed by atoms with Crippen molar-refractivity contribution in [1.29, 1.82) is 0 Å². The van der Waals surface area contributed by atoms with Crippen LogP contribution in [0, 0.1) is 6.92 Å². The first kappa shape index (κ1) is 16.0. The maximum atomic E-state index is 5.81. The van der Waals surface area contributed by atoms with E-state index >= 15 is 0 Å². The van der Waals surface area contributed by atoms with Crippen molar-refractivity contribution in [2.24, 2.45) is 0 Å². The van der Waals surface area contributed by atoms with E-state index < -0.39 is 0 Å². The van der Waals surface area contributed by atoms with Crippen LogP contribution in [0.5, 0.6) is 0 Å². The minimum Gasteiger partial charge on any atom is -0.419 e. The van der Waals surface area contributed by atoms with Gasteiger partial charge >= 0.3 is 0 Å². The maximum Gasteiger partial charge on any atom is 0.248 e. The van der Waals surface area contributed by atoms with Crippen molar-refractivity contribution >= 4 is 21.4 Å². The Morgan fingerprint density at radius 2 is 1.88 bits per heavy atom. The minimum atomic E-state index is 0.228. The fraction of sp³-hybridized carbons (Fsp3) is 0.200. The van der Waals surface area contributed by atoms with Gasteiger partial charge in [-0.15, -0.1) is 21.5 Å². The average molecular weight is 349 g/mol. The van der Waals surface area contributed by atoms with Gasteiger partial charge in [0.1, 0.15) is 0 Å². The normalized spacial score (nSPS) is 12.6. The van der Waals surface area contributed by atoms with Crippen LogP contribution in [-0.4, -0.2) is 10.2 Å². The first-order chi connectivity index (χ1) is 12.2. The molecule has 0 bridgehead atoms. The van der Waals surface area contributed by atoms with Gasteiger partial charge in [-0.1, -0.05) is 36.4 Å². The highest BCUT2D eigenvalue weighted by atomic mass is 32.1. The summed E-state index contributed by atoms with van der Waals surface area (Å²) >= 11 is 1.82. The monoisotopic (exact) mass is 349 g/mol. The van der Waals surface area contributed by atoms with Gasteiger partial charge in [-0.05, 0) is 43.0 Å². The maximum absolute atomic E-state index is 5.81. The standard InChI is InChI=1S/C20H19N3OS/c1-13-7-3-5-9-16(13)20-23-22-19(24-20)12-21-14(2)18-11-15-8-4-6-10-17(15)25-18/h3-11,14,21H,12H2,1-2H3/t14-/m1/s1. The van der Waals surface area contributed by atoms with E-state index in [1.54, 1.807) is 0 Å². The highest BCUT2D eigenvalue weighted by Gasteiger charge is 2.13. The molecule has 25 heavy (non-hydrogen) atoms. The van der Waals surface area contributed by atoms with Crippen LogP contribution in [0.2, 0.25) is 0 Å². The number of fused-ring (bicyclic) bond motifs is 1. The number of hydrogen-bond donors (Lipinski definition) is 1. The van der Waals surface area contributed by atoms with Crippen LogP contribution >= 0.6 is 11.3 Å². The molecule has 0 aliphatic carbocycles. The lowest BCUT2D eigenvalue weighted by Crippen LogP contribution is -2.17. The van der Waals surface area contributed by atoms with Crippen molar-refractivity contribution in [3.63, 3.8) is 0 Å². The third-order valence-corrected chi connectivity index (χ3v) is 5.57. The van der Waals surface area contributed by atoms with Gasteiger partial charge in [-0.25, -0.2) is 0 Å². The molecule has 0 unspecified atom stereocenters. The highest BCUT2D eigenvalue weighted by molar-refractivity contribution is 7.19. The molecule has 4 aromatic rings. The van der Waals surface area contributed by atoms with Crippen molar-refractivity contribution in [2.75, 3.05) is 0 Å². The third kappa shape index (κ3) is 3.34. The second-order valence-corrected chi connectivity index (χ2v) is 7.22. The van der Waals surface area contributed by atoms with E-state index in [2.05, 4.69) is 52.8 Å². The zero-order valence-electron chi connectivity index (χ0n) is 14.2. The number of benzene rings is 2. The Hall–Kier alpha value is -2.50. The van der Waals surface area contributed by atoms with Gasteiger partial charge in [0.2, 0.25) is 11.8 Å². The van der Waals surface area contributed by atoms with E-state index in [0.717, 1.165) is 11.1 Å². The SMILES string of the molecule is Cc1ccccc1-c1nnc(CN[C@H](C)c2cc3ccccc3s2)o1. The summed E-state index contributed by atoms with van der Waals surface area (Å²) in [6.45, 7) is 4.75. The van der Waals surface area contributed by atoms with Crippen LogP contribution in [0.25, 0.3) is 21.5 Å². The van der Waals surface area contributed by atoms with Crippen molar-refractivity contribution in [1.82, 2.24) is 15.5 Å². The van der Waals surface area contributed by atoms with Crippen LogP contribution in [-0.2, 0) is 6.54 Å². The van der Waals surface area contributed by atoms with Crippen molar-refractivity contribution < 1.29 is 4.42 Å². The smallest absolute Gasteiger partial charge is 0.248 e. The molecule has 4 nitrogen and oxygen atoms in total. The fourth-order valence-corrected chi connectivity index (χ4v) is 3.89. The number of nitrogens with one attached hydrogen (secondary N) is 1. The molecule has 2 aromatic heterocycles. The molecule has 126 valence electrons. The summed E-state index contributed by atoms with van der Waals surface area (Å²) in [6.07, 6.45) is 0. The molecule has 0 amide bonds. The summed E-state index contributed by atoms with van der Waals surface area (Å²) < 4.78 is 7.13. The van der Waals surface area contributed by atoms with Crippen LogP contribution < -0.4 is 5.32 Å². The molecule has 2 heterocycles. The van der Waals surface area contributed by atoms with E-state index in [0.29, 0.717) is 18.3 Å². The van der Waals surface area contributed by atoms with Gasteiger partial charge in [0.25, 0.3) is 0 Å². The number of hydrogen-bond acceptors (Lipinski definition) is 5. The highest BCUT2D eigenvalue weighted by Crippen LogP contribution is 2.29. The molecule has 0 saturated carbocycles. The lowest BCUT2D eigenvalue weighted by Gasteiger charge is -2.09. The molecule has 0 fully saturated rings. The van der Waals surface area contributed by atoms with Gasteiger partial charge in [0.15, 0.2) is 0 Å². The zero-order valence-corrected chi connectivity index (χ0v) is 15.0. The summed E-state index contributed by atoms with van der Waals surface area (Å²) in [5.41, 5.74) is 2.11. The molecule has 0 spiro atoms. The minimum absolute atomic E-state index is 0.228.